The van der Waals surface area contributed by atoms with Crippen molar-refractivity contribution in [1.29, 1.82) is 0 Å². The van der Waals surface area contributed by atoms with Crippen LogP contribution in [-0.2, 0) is 0 Å². The fourth-order valence-corrected chi connectivity index (χ4v) is 1.86. The van der Waals surface area contributed by atoms with Gasteiger partial charge in [0.15, 0.2) is 0 Å². The lowest BCUT2D eigenvalue weighted by atomic mass is 10.1. The molecule has 1 atom stereocenters. The summed E-state index contributed by atoms with van der Waals surface area (Å²) >= 11 is 1.80. The number of hydrogen-bond acceptors (Lipinski definition) is 2. The molecule has 0 amide bonds. The summed E-state index contributed by atoms with van der Waals surface area (Å²) in [6.45, 7) is 5.50. The van der Waals surface area contributed by atoms with E-state index in [0.717, 1.165) is 6.54 Å². The van der Waals surface area contributed by atoms with Crippen LogP contribution in [0.3, 0.4) is 0 Å². The van der Waals surface area contributed by atoms with E-state index >= 15 is 0 Å². The minimum absolute atomic E-state index is 0.460. The van der Waals surface area contributed by atoms with Gasteiger partial charge in [-0.15, -0.1) is 11.8 Å². The molecule has 14 heavy (non-hydrogen) atoms. The van der Waals surface area contributed by atoms with Crippen LogP contribution in [0.25, 0.3) is 0 Å². The standard InChI is InChI=1S/C12H19NS/c1-4-8-13-10(2)11-6-5-7-12(9-11)14-3/h5-7,9-10,13H,4,8H2,1-3H3. The molecule has 0 saturated heterocycles. The van der Waals surface area contributed by atoms with Gasteiger partial charge in [-0.05, 0) is 43.8 Å². The Morgan fingerprint density at radius 3 is 2.86 bits per heavy atom. The zero-order chi connectivity index (χ0) is 10.4. The van der Waals surface area contributed by atoms with Crippen LogP contribution in [-0.4, -0.2) is 12.8 Å². The average molecular weight is 209 g/mol. The van der Waals surface area contributed by atoms with E-state index in [1.807, 2.05) is 0 Å². The second-order valence-electron chi connectivity index (χ2n) is 3.45. The van der Waals surface area contributed by atoms with Crippen LogP contribution in [0.1, 0.15) is 31.9 Å². The van der Waals surface area contributed by atoms with Gasteiger partial charge in [-0.2, -0.15) is 0 Å². The van der Waals surface area contributed by atoms with Crippen molar-refractivity contribution < 1.29 is 0 Å². The Morgan fingerprint density at radius 1 is 1.43 bits per heavy atom. The van der Waals surface area contributed by atoms with Crippen LogP contribution in [0.4, 0.5) is 0 Å². The highest BCUT2D eigenvalue weighted by Crippen LogP contribution is 2.20. The van der Waals surface area contributed by atoms with Crippen molar-refractivity contribution >= 4 is 11.8 Å². The van der Waals surface area contributed by atoms with E-state index < -0.39 is 0 Å². The van der Waals surface area contributed by atoms with Crippen LogP contribution < -0.4 is 5.32 Å². The van der Waals surface area contributed by atoms with Crippen LogP contribution in [0.5, 0.6) is 0 Å². The van der Waals surface area contributed by atoms with Gasteiger partial charge >= 0.3 is 0 Å². The summed E-state index contributed by atoms with van der Waals surface area (Å²) in [5.41, 5.74) is 1.38. The van der Waals surface area contributed by atoms with E-state index in [0.29, 0.717) is 6.04 Å². The fourth-order valence-electron chi connectivity index (χ4n) is 1.39. The van der Waals surface area contributed by atoms with Crippen molar-refractivity contribution in [2.45, 2.75) is 31.2 Å². The van der Waals surface area contributed by atoms with Gasteiger partial charge in [-0.1, -0.05) is 19.1 Å². The molecular formula is C12H19NS. The molecule has 0 aliphatic carbocycles. The van der Waals surface area contributed by atoms with Gasteiger partial charge < -0.3 is 5.32 Å². The lowest BCUT2D eigenvalue weighted by Crippen LogP contribution is -2.19. The van der Waals surface area contributed by atoms with Crippen molar-refractivity contribution in [3.63, 3.8) is 0 Å². The second-order valence-corrected chi connectivity index (χ2v) is 4.33. The van der Waals surface area contributed by atoms with Gasteiger partial charge in [-0.3, -0.25) is 0 Å². The smallest absolute Gasteiger partial charge is 0.0292 e. The summed E-state index contributed by atoms with van der Waals surface area (Å²) in [4.78, 5) is 1.34. The van der Waals surface area contributed by atoms with E-state index in [1.165, 1.54) is 16.9 Å². The predicted molar refractivity (Wildman–Crippen MR) is 64.9 cm³/mol. The summed E-state index contributed by atoms with van der Waals surface area (Å²) in [6, 6.07) is 9.19. The van der Waals surface area contributed by atoms with Crippen LogP contribution in [0.2, 0.25) is 0 Å². The van der Waals surface area contributed by atoms with E-state index in [-0.39, 0.29) is 0 Å². The minimum atomic E-state index is 0.460. The van der Waals surface area contributed by atoms with Gasteiger partial charge in [0.05, 0.1) is 0 Å². The highest BCUT2D eigenvalue weighted by molar-refractivity contribution is 7.98. The number of nitrogens with one attached hydrogen (secondary N) is 1. The molecule has 0 spiro atoms. The molecule has 0 radical (unpaired) electrons. The van der Waals surface area contributed by atoms with Crippen LogP contribution in [0, 0.1) is 0 Å². The largest absolute Gasteiger partial charge is 0.310 e. The predicted octanol–water partition coefficient (Wildman–Crippen LogP) is 3.47. The average Bonchev–Trinajstić information content (AvgIpc) is 2.26. The fraction of sp³-hybridized carbons (Fsp3) is 0.500. The highest BCUT2D eigenvalue weighted by atomic mass is 32.2. The topological polar surface area (TPSA) is 12.0 Å². The van der Waals surface area contributed by atoms with Gasteiger partial charge in [0.2, 0.25) is 0 Å². The Labute approximate surface area is 91.3 Å². The molecule has 0 bridgehead atoms. The summed E-state index contributed by atoms with van der Waals surface area (Å²) in [5.74, 6) is 0. The van der Waals surface area contributed by atoms with E-state index in [4.69, 9.17) is 0 Å². The summed E-state index contributed by atoms with van der Waals surface area (Å²) in [5, 5.41) is 3.49. The molecule has 78 valence electrons. The van der Waals surface area contributed by atoms with Crippen molar-refractivity contribution in [1.82, 2.24) is 5.32 Å². The van der Waals surface area contributed by atoms with Crippen molar-refractivity contribution in [2.24, 2.45) is 0 Å². The Morgan fingerprint density at radius 2 is 2.21 bits per heavy atom. The number of rotatable bonds is 5. The zero-order valence-corrected chi connectivity index (χ0v) is 10.0. The maximum Gasteiger partial charge on any atom is 0.0292 e. The van der Waals surface area contributed by atoms with Crippen molar-refractivity contribution in [3.05, 3.63) is 29.8 Å². The Hall–Kier alpha value is -0.470. The lowest BCUT2D eigenvalue weighted by Gasteiger charge is -2.14. The van der Waals surface area contributed by atoms with Gasteiger partial charge in [0, 0.05) is 10.9 Å². The molecule has 1 aromatic rings. The molecule has 0 aliphatic rings. The quantitative estimate of drug-likeness (QED) is 0.745. The summed E-state index contributed by atoms with van der Waals surface area (Å²) in [7, 11) is 0. The highest BCUT2D eigenvalue weighted by Gasteiger charge is 2.03. The third-order valence-electron chi connectivity index (χ3n) is 2.29. The number of hydrogen-bond donors (Lipinski definition) is 1. The lowest BCUT2D eigenvalue weighted by molar-refractivity contribution is 0.570. The molecule has 1 N–H and O–H groups in total. The molecular weight excluding hydrogens is 190 g/mol. The van der Waals surface area contributed by atoms with Crippen LogP contribution >= 0.6 is 11.8 Å². The molecule has 2 heteroatoms. The number of benzene rings is 1. The normalized spacial score (nSPS) is 12.8. The van der Waals surface area contributed by atoms with Gasteiger partial charge in [0.25, 0.3) is 0 Å². The Bertz CT molecular complexity index is 273. The summed E-state index contributed by atoms with van der Waals surface area (Å²) in [6.07, 6.45) is 3.30. The van der Waals surface area contributed by atoms with Crippen molar-refractivity contribution in [2.75, 3.05) is 12.8 Å². The monoisotopic (exact) mass is 209 g/mol. The van der Waals surface area contributed by atoms with E-state index in [9.17, 15) is 0 Å². The van der Waals surface area contributed by atoms with Gasteiger partial charge in [-0.25, -0.2) is 0 Å². The first-order chi connectivity index (χ1) is 6.77. The molecule has 1 nitrogen and oxygen atoms in total. The molecule has 0 fully saturated rings. The maximum atomic E-state index is 3.49. The van der Waals surface area contributed by atoms with Gasteiger partial charge in [0.1, 0.15) is 0 Å². The molecule has 1 aromatic carbocycles. The molecule has 1 rings (SSSR count). The van der Waals surface area contributed by atoms with Crippen LogP contribution in [0.15, 0.2) is 29.2 Å². The molecule has 0 aliphatic heterocycles. The first-order valence-corrected chi connectivity index (χ1v) is 6.37. The first-order valence-electron chi connectivity index (χ1n) is 5.15. The molecule has 0 heterocycles. The number of thioether (sulfide) groups is 1. The third kappa shape index (κ3) is 3.35. The Kier molecular flexibility index (Phi) is 5.05. The Balaban J connectivity index is 2.64. The molecule has 0 saturated carbocycles. The zero-order valence-electron chi connectivity index (χ0n) is 9.21. The SMILES string of the molecule is CCCNC(C)c1cccc(SC)c1. The van der Waals surface area contributed by atoms with E-state index in [1.54, 1.807) is 11.8 Å². The minimum Gasteiger partial charge on any atom is -0.310 e. The second kappa shape index (κ2) is 6.10. The molecule has 0 aromatic heterocycles. The maximum absolute atomic E-state index is 3.49. The van der Waals surface area contributed by atoms with Crippen molar-refractivity contribution in [3.8, 4) is 0 Å². The third-order valence-corrected chi connectivity index (χ3v) is 3.02. The first kappa shape index (κ1) is 11.6. The molecule has 1 unspecified atom stereocenters. The summed E-state index contributed by atoms with van der Waals surface area (Å²) < 4.78 is 0. The van der Waals surface area contributed by atoms with E-state index in [2.05, 4.69) is 49.7 Å².